The molecule has 73 heavy (non-hydrogen) atoms. The number of rotatable bonds is 35. The summed E-state index contributed by atoms with van der Waals surface area (Å²) in [7, 11) is 0. The summed E-state index contributed by atoms with van der Waals surface area (Å²) in [5.74, 6) is -14.7. The molecule has 0 bridgehead atoms. The molecule has 0 heterocycles. The fourth-order valence-corrected chi connectivity index (χ4v) is 6.81. The average molecular weight is 1040 g/mol. The third kappa shape index (κ3) is 25.2. The third-order valence-corrected chi connectivity index (χ3v) is 11.6. The van der Waals surface area contributed by atoms with Crippen molar-refractivity contribution in [1.29, 1.82) is 0 Å². The van der Waals surface area contributed by atoms with E-state index >= 15 is 0 Å². The van der Waals surface area contributed by atoms with Crippen LogP contribution in [0.25, 0.3) is 0 Å². The molecule has 414 valence electrons. The summed E-state index contributed by atoms with van der Waals surface area (Å²) in [4.78, 5) is 160. The number of guanidine groups is 1. The van der Waals surface area contributed by atoms with E-state index in [2.05, 4.69) is 47.5 Å². The van der Waals surface area contributed by atoms with Crippen molar-refractivity contribution >= 4 is 77.0 Å². The molecule has 0 aromatic rings. The zero-order chi connectivity index (χ0) is 56.4. The Morgan fingerprint density at radius 2 is 0.959 bits per heavy atom. The number of hydrogen-bond acceptors (Lipinski definition) is 14. The van der Waals surface area contributed by atoms with Crippen LogP contribution in [-0.4, -0.2) is 148 Å². The van der Waals surface area contributed by atoms with Gasteiger partial charge in [-0.05, 0) is 56.3 Å². The zero-order valence-electron chi connectivity index (χ0n) is 43.2. The minimum atomic E-state index is -1.98. The number of aliphatic carboxylic acids is 2. The average Bonchev–Trinajstić information content (AvgIpc) is 3.29. The van der Waals surface area contributed by atoms with Gasteiger partial charge in [-0.1, -0.05) is 68.2 Å². The minimum Gasteiger partial charge on any atom is -0.481 e. The number of amides is 10. The van der Waals surface area contributed by atoms with E-state index in [-0.39, 0.29) is 50.0 Å². The molecule has 20 N–H and O–H groups in total. The van der Waals surface area contributed by atoms with Gasteiger partial charge in [0.2, 0.25) is 59.1 Å². The van der Waals surface area contributed by atoms with Crippen LogP contribution in [0.4, 0.5) is 0 Å². The predicted molar refractivity (Wildman–Crippen MR) is 264 cm³/mol. The Hall–Kier alpha value is -7.13. The fraction of sp³-hybridized carbons (Fsp3) is 0.711. The van der Waals surface area contributed by atoms with Gasteiger partial charge in [0.05, 0.1) is 18.9 Å². The van der Waals surface area contributed by atoms with E-state index in [0.717, 1.165) is 6.92 Å². The predicted octanol–water partition coefficient (Wildman–Crippen LogP) is -4.24. The van der Waals surface area contributed by atoms with Crippen LogP contribution < -0.4 is 71.2 Å². The summed E-state index contributed by atoms with van der Waals surface area (Å²) < 4.78 is 0. The van der Waals surface area contributed by atoms with Gasteiger partial charge in [0.15, 0.2) is 5.96 Å². The van der Waals surface area contributed by atoms with E-state index in [1.165, 1.54) is 6.92 Å². The second kappa shape index (κ2) is 32.8. The number of carbonyl (C=O) groups is 12. The lowest BCUT2D eigenvalue weighted by atomic mass is 9.96. The third-order valence-electron chi connectivity index (χ3n) is 11.6. The molecule has 28 heteroatoms. The number of nitrogens with zero attached hydrogens (tertiary/aromatic N) is 1. The maximum Gasteiger partial charge on any atom is 0.326 e. The first kappa shape index (κ1) is 65.9. The number of nitrogens with one attached hydrogen (secondary N) is 8. The van der Waals surface area contributed by atoms with Crippen molar-refractivity contribution in [3.63, 3.8) is 0 Å². The number of carboxylic acid groups (broad SMARTS) is 2. The number of aliphatic imine (C=N–C) groups is 1. The smallest absolute Gasteiger partial charge is 0.326 e. The van der Waals surface area contributed by atoms with Gasteiger partial charge in [0.1, 0.15) is 48.3 Å². The number of nitrogens with two attached hydrogens (primary N) is 5. The van der Waals surface area contributed by atoms with Crippen LogP contribution in [0.1, 0.15) is 120 Å². The number of carboxylic acids is 2. The van der Waals surface area contributed by atoms with Crippen molar-refractivity contribution in [2.24, 2.45) is 57.3 Å². The summed E-state index contributed by atoms with van der Waals surface area (Å²) in [5, 5.41) is 38.5. The number of primary amides is 2. The highest BCUT2D eigenvalue weighted by Crippen LogP contribution is 2.14. The van der Waals surface area contributed by atoms with Crippen molar-refractivity contribution in [3.05, 3.63) is 0 Å². The van der Waals surface area contributed by atoms with Gasteiger partial charge < -0.3 is 81.4 Å². The van der Waals surface area contributed by atoms with E-state index in [0.29, 0.717) is 6.42 Å². The van der Waals surface area contributed by atoms with Gasteiger partial charge in [0.25, 0.3) is 0 Å². The number of hydrogen-bond donors (Lipinski definition) is 15. The van der Waals surface area contributed by atoms with Gasteiger partial charge in [-0.15, -0.1) is 0 Å². The van der Waals surface area contributed by atoms with Crippen molar-refractivity contribution < 1.29 is 67.7 Å². The van der Waals surface area contributed by atoms with Crippen LogP contribution >= 0.6 is 0 Å². The summed E-state index contributed by atoms with van der Waals surface area (Å²) >= 11 is 0. The first-order chi connectivity index (χ1) is 33.9. The molecule has 0 aliphatic carbocycles. The molecule has 0 fully saturated rings. The lowest BCUT2D eigenvalue weighted by Gasteiger charge is -2.30. The Kier molecular flexibility index (Phi) is 29.6. The van der Waals surface area contributed by atoms with Crippen molar-refractivity contribution in [2.75, 3.05) is 6.54 Å². The Morgan fingerprint density at radius 3 is 1.45 bits per heavy atom. The van der Waals surface area contributed by atoms with Crippen LogP contribution in [0.3, 0.4) is 0 Å². The SMILES string of the molecule is CC[C@H](C)[C@H](N)C(=O)N[C@H](C(=O)N[C@@H](CC(C)C)C(=O)N[C@@H](CCC(N)=O)C(=O)N[C@H](C(=O)N[C@@H](CC(=O)O)C(=O)N[C@@H](CC(N)=O)C(=O)N[C@@H](C)C(=O)N[C@@H](CCCN=C(N)N)C(=O)O)[C@@H](C)CC)C(C)C. The zero-order valence-corrected chi connectivity index (χ0v) is 43.2. The normalized spacial score (nSPS) is 15.6. The molecule has 0 spiro atoms. The van der Waals surface area contributed by atoms with Crippen LogP contribution in [0.5, 0.6) is 0 Å². The molecule has 0 unspecified atom stereocenters. The van der Waals surface area contributed by atoms with E-state index < -0.39 is 163 Å². The topological polar surface area (TPSA) is 484 Å². The molecule has 11 atom stereocenters. The monoisotopic (exact) mass is 1040 g/mol. The maximum atomic E-state index is 14.0. The van der Waals surface area contributed by atoms with Crippen LogP contribution in [-0.2, 0) is 57.5 Å². The molecule has 0 aromatic heterocycles. The first-order valence-corrected chi connectivity index (χ1v) is 24.1. The van der Waals surface area contributed by atoms with Crippen molar-refractivity contribution in [3.8, 4) is 0 Å². The van der Waals surface area contributed by atoms with Gasteiger partial charge in [-0.3, -0.25) is 57.7 Å². The van der Waals surface area contributed by atoms with E-state index in [9.17, 15) is 67.7 Å². The second-order valence-electron chi connectivity index (χ2n) is 18.7. The summed E-state index contributed by atoms with van der Waals surface area (Å²) in [6, 6.07) is -13.2. The molecule has 10 amide bonds. The van der Waals surface area contributed by atoms with Crippen LogP contribution in [0.15, 0.2) is 4.99 Å². The van der Waals surface area contributed by atoms with Gasteiger partial charge in [-0.25, -0.2) is 4.79 Å². The Labute approximate surface area is 424 Å². The van der Waals surface area contributed by atoms with Crippen LogP contribution in [0, 0.1) is 23.7 Å². The highest BCUT2D eigenvalue weighted by Gasteiger charge is 2.37. The Balaban J connectivity index is 6.57. The molecule has 0 aromatic carbocycles. The summed E-state index contributed by atoms with van der Waals surface area (Å²) in [6.07, 6.45) is -1.94. The lowest BCUT2D eigenvalue weighted by molar-refractivity contribution is -0.142. The highest BCUT2D eigenvalue weighted by atomic mass is 16.4. The van der Waals surface area contributed by atoms with Gasteiger partial charge in [-0.2, -0.15) is 0 Å². The van der Waals surface area contributed by atoms with Gasteiger partial charge in [0, 0.05) is 13.0 Å². The highest BCUT2D eigenvalue weighted by molar-refractivity contribution is 6.00. The standard InChI is InChI=1S/C45H80N14O14/c1-10-22(7)33(48)41(69)58-34(21(5)6)42(70)56-27(17-20(3)4)39(67)53-25(14-15-30(46)60)37(65)59-35(23(8)11-2)43(71)57-29(19-32(62)63)40(68)55-28(18-31(47)61)38(66)52-24(9)36(64)54-26(44(72)73)13-12-16-51-45(49)50/h20-29,33-35H,10-19,48H2,1-9H3,(H2,46,60)(H2,47,61)(H,52,66)(H,53,67)(H,54,64)(H,55,68)(H,56,70)(H,57,71)(H,58,69)(H,59,65)(H,62,63)(H,72,73)(H4,49,50,51)/t22-,23-,24-,25-,26-,27-,28-,29-,33-,34-,35-/m0/s1. The molecule has 0 saturated carbocycles. The molecular weight excluding hydrogens is 961 g/mol. The van der Waals surface area contributed by atoms with E-state index in [1.807, 2.05) is 6.92 Å². The molecule has 0 radical (unpaired) electrons. The van der Waals surface area contributed by atoms with Crippen molar-refractivity contribution in [1.82, 2.24) is 42.5 Å². The number of carbonyl (C=O) groups excluding carboxylic acids is 10. The summed E-state index contributed by atoms with van der Waals surface area (Å²) in [6.45, 7) is 14.9. The molecule has 0 aliphatic heterocycles. The van der Waals surface area contributed by atoms with E-state index in [4.69, 9.17) is 28.7 Å². The largest absolute Gasteiger partial charge is 0.481 e. The van der Waals surface area contributed by atoms with Crippen molar-refractivity contribution in [2.45, 2.75) is 174 Å². The molecule has 0 aliphatic rings. The van der Waals surface area contributed by atoms with E-state index in [1.54, 1.807) is 41.5 Å². The minimum absolute atomic E-state index is 0.0466. The first-order valence-electron chi connectivity index (χ1n) is 24.1. The maximum absolute atomic E-state index is 14.0. The molecule has 28 nitrogen and oxygen atoms in total. The fourth-order valence-electron chi connectivity index (χ4n) is 6.81. The Bertz CT molecular complexity index is 1980. The molecule has 0 rings (SSSR count). The molecule has 0 saturated heterocycles. The van der Waals surface area contributed by atoms with Gasteiger partial charge >= 0.3 is 11.9 Å². The summed E-state index contributed by atoms with van der Waals surface area (Å²) in [5.41, 5.74) is 27.3. The second-order valence-corrected chi connectivity index (χ2v) is 18.7. The quantitative estimate of drug-likeness (QED) is 0.0162. The van der Waals surface area contributed by atoms with Crippen LogP contribution in [0.2, 0.25) is 0 Å². The lowest BCUT2D eigenvalue weighted by Crippen LogP contribution is -2.62. The molecular formula is C45H80N14O14. The Morgan fingerprint density at radius 1 is 0.493 bits per heavy atom.